The van der Waals surface area contributed by atoms with Crippen molar-refractivity contribution >= 4 is 17.8 Å². The molecule has 0 bridgehead atoms. The lowest BCUT2D eigenvalue weighted by molar-refractivity contribution is -0.121. The minimum atomic E-state index is -0.523. The van der Waals surface area contributed by atoms with Crippen LogP contribution in [0.3, 0.4) is 0 Å². The first kappa shape index (κ1) is 44.5. The minimum Gasteiger partial charge on any atom is -0.507 e. The zero-order valence-corrected chi connectivity index (χ0v) is 32.8. The number of phenols is 1. The molecule has 2 amide bonds. The molecule has 290 valence electrons. The summed E-state index contributed by atoms with van der Waals surface area (Å²) >= 11 is 0. The van der Waals surface area contributed by atoms with Crippen LogP contribution in [0.15, 0.2) is 84.6 Å². The number of esters is 1. The maximum absolute atomic E-state index is 12.4. The van der Waals surface area contributed by atoms with Crippen LogP contribution in [0.4, 0.5) is 0 Å². The summed E-state index contributed by atoms with van der Waals surface area (Å²) in [6, 6.07) is 0. The quantitative estimate of drug-likeness (QED) is 0.0649. The van der Waals surface area contributed by atoms with E-state index in [1.165, 1.54) is 0 Å². The van der Waals surface area contributed by atoms with E-state index >= 15 is 0 Å². The summed E-state index contributed by atoms with van der Waals surface area (Å²) in [7, 11) is 3.51. The number of hydrogen-bond acceptors (Lipinski definition) is 7. The predicted molar refractivity (Wildman–Crippen MR) is 216 cm³/mol. The molecule has 1 aromatic rings. The van der Waals surface area contributed by atoms with Crippen molar-refractivity contribution in [2.24, 2.45) is 0 Å². The number of carbonyl (C=O) groups excluding carboxylic acids is 3. The third kappa shape index (κ3) is 18.1. The van der Waals surface area contributed by atoms with Crippen LogP contribution in [0.5, 0.6) is 11.5 Å². The second kappa shape index (κ2) is 27.0. The van der Waals surface area contributed by atoms with Crippen LogP contribution in [0.25, 0.3) is 0 Å². The number of fused-ring (bicyclic) bond motifs is 1. The van der Waals surface area contributed by atoms with Gasteiger partial charge in [-0.3, -0.25) is 9.59 Å². The Labute approximate surface area is 318 Å². The number of amides is 2. The van der Waals surface area contributed by atoms with E-state index in [0.29, 0.717) is 75.2 Å². The zero-order chi connectivity index (χ0) is 38.7. The first-order chi connectivity index (χ1) is 25.7. The van der Waals surface area contributed by atoms with Gasteiger partial charge in [0.15, 0.2) is 0 Å². The fourth-order valence-corrected chi connectivity index (χ4v) is 5.63. The van der Waals surface area contributed by atoms with Gasteiger partial charge in [0.2, 0.25) is 11.8 Å². The maximum Gasteiger partial charge on any atom is 0.342 e. The van der Waals surface area contributed by atoms with Gasteiger partial charge in [-0.25, -0.2) is 4.79 Å². The fraction of sp³-hybridized carbons (Fsp3) is 0.477. The summed E-state index contributed by atoms with van der Waals surface area (Å²) in [6.45, 7) is 8.52. The summed E-state index contributed by atoms with van der Waals surface area (Å²) in [5.74, 6) is -0.0743. The summed E-state index contributed by atoms with van der Waals surface area (Å²) in [5, 5.41) is 16.7. The van der Waals surface area contributed by atoms with Crippen molar-refractivity contribution < 1.29 is 29.0 Å². The molecular weight excluding hydrogens is 666 g/mol. The Balaban J connectivity index is 1.50. The van der Waals surface area contributed by atoms with Gasteiger partial charge in [0.25, 0.3) is 0 Å². The number of carbonyl (C=O) groups is 3. The molecule has 0 radical (unpaired) electrons. The number of nitrogens with zero attached hydrogens (tertiary/aromatic N) is 1. The Hall–Kier alpha value is -4.63. The molecule has 0 spiro atoms. The van der Waals surface area contributed by atoms with Gasteiger partial charge in [-0.1, -0.05) is 91.5 Å². The molecule has 0 aliphatic carbocycles. The predicted octanol–water partition coefficient (Wildman–Crippen LogP) is 8.29. The largest absolute Gasteiger partial charge is 0.507 e. The van der Waals surface area contributed by atoms with E-state index in [-0.39, 0.29) is 29.7 Å². The highest BCUT2D eigenvalue weighted by Crippen LogP contribution is 2.42. The molecule has 0 atom stereocenters. The fourth-order valence-electron chi connectivity index (χ4n) is 5.63. The second-order valence-electron chi connectivity index (χ2n) is 13.1. The average Bonchev–Trinajstić information content (AvgIpc) is 3.54. The molecule has 1 aromatic carbocycles. The van der Waals surface area contributed by atoms with E-state index in [4.69, 9.17) is 9.47 Å². The Morgan fingerprint density at radius 2 is 1.32 bits per heavy atom. The summed E-state index contributed by atoms with van der Waals surface area (Å²) in [4.78, 5) is 38.8. The van der Waals surface area contributed by atoms with Gasteiger partial charge in [-0.2, -0.15) is 0 Å². The van der Waals surface area contributed by atoms with Crippen molar-refractivity contribution in [1.29, 1.82) is 0 Å². The lowest BCUT2D eigenvalue weighted by Gasteiger charge is -2.17. The van der Waals surface area contributed by atoms with Crippen molar-refractivity contribution in [3.63, 3.8) is 0 Å². The molecule has 0 fully saturated rings. The Bertz CT molecular complexity index is 1520. The molecule has 9 heteroatoms. The van der Waals surface area contributed by atoms with E-state index in [2.05, 4.69) is 95.4 Å². The molecule has 9 nitrogen and oxygen atoms in total. The lowest BCUT2D eigenvalue weighted by atomic mass is 9.94. The maximum atomic E-state index is 12.4. The van der Waals surface area contributed by atoms with Crippen molar-refractivity contribution in [3.05, 3.63) is 107 Å². The van der Waals surface area contributed by atoms with Crippen molar-refractivity contribution in [2.75, 3.05) is 40.3 Å². The number of nitrogens with one attached hydrogen (secondary N) is 2. The third-order valence-electron chi connectivity index (χ3n) is 8.81. The first-order valence-electron chi connectivity index (χ1n) is 19.0. The molecule has 1 heterocycles. The first-order valence-corrected chi connectivity index (χ1v) is 19.0. The molecule has 3 N–H and O–H groups in total. The highest BCUT2D eigenvalue weighted by Gasteiger charge is 2.31. The van der Waals surface area contributed by atoms with Gasteiger partial charge in [0.05, 0.1) is 7.11 Å². The Morgan fingerprint density at radius 3 is 1.85 bits per heavy atom. The zero-order valence-electron chi connectivity index (χ0n) is 32.8. The molecule has 53 heavy (non-hydrogen) atoms. The van der Waals surface area contributed by atoms with E-state index < -0.39 is 5.97 Å². The number of aromatic hydroxyl groups is 1. The van der Waals surface area contributed by atoms with Crippen LogP contribution >= 0.6 is 0 Å². The van der Waals surface area contributed by atoms with Gasteiger partial charge in [-0.15, -0.1) is 0 Å². The highest BCUT2D eigenvalue weighted by atomic mass is 16.5. The number of methoxy groups -OCH3 is 1. The lowest BCUT2D eigenvalue weighted by Crippen LogP contribution is -2.37. The Kier molecular flexibility index (Phi) is 22.7. The van der Waals surface area contributed by atoms with Gasteiger partial charge in [0.1, 0.15) is 23.7 Å². The standard InChI is InChI=1S/C44H63N3O6/c1-6-7-8-9-10-11-12-13-14-15-16-17-18-19-20-21-22-23-24-25-39(48)45-30-32-47(4)33-31-46-40(49)29-27-35(2)26-28-37-42(50)41-38(34-53-44(41)51)36(3)43(37)52-5/h7-8,10-11,13-14,16-17,19-20,22-23,26,50H,6,9,12,15,18,21,24-25,27-34H2,1-5H3,(H,45,48)(H,46,49)/b8-7-,11-10-,14-13-,17-16-,20-19-,23-22-,35-26+. The molecule has 1 aliphatic rings. The molecule has 0 saturated heterocycles. The summed E-state index contributed by atoms with van der Waals surface area (Å²) < 4.78 is 10.7. The third-order valence-corrected chi connectivity index (χ3v) is 8.81. The summed E-state index contributed by atoms with van der Waals surface area (Å²) in [6.07, 6.45) is 36.3. The topological polar surface area (TPSA) is 117 Å². The van der Waals surface area contributed by atoms with E-state index in [9.17, 15) is 19.5 Å². The number of phenolic OH excluding ortho intramolecular Hbond substituents is 1. The second-order valence-corrected chi connectivity index (χ2v) is 13.1. The monoisotopic (exact) mass is 729 g/mol. The number of rotatable bonds is 26. The minimum absolute atomic E-state index is 0.0367. The molecular formula is C44H63N3O6. The van der Waals surface area contributed by atoms with Crippen LogP contribution in [0.2, 0.25) is 0 Å². The highest BCUT2D eigenvalue weighted by molar-refractivity contribution is 5.98. The van der Waals surface area contributed by atoms with Crippen LogP contribution in [-0.2, 0) is 27.4 Å². The Morgan fingerprint density at radius 1 is 0.811 bits per heavy atom. The van der Waals surface area contributed by atoms with E-state index in [1.807, 2.05) is 27.0 Å². The summed E-state index contributed by atoms with van der Waals surface area (Å²) in [5.41, 5.74) is 3.20. The average molecular weight is 730 g/mol. The van der Waals surface area contributed by atoms with Gasteiger partial charge >= 0.3 is 5.97 Å². The van der Waals surface area contributed by atoms with Gasteiger partial charge in [0, 0.05) is 50.1 Å². The van der Waals surface area contributed by atoms with Gasteiger partial charge in [-0.05, 0) is 84.2 Å². The SMILES string of the molecule is CC/C=C\C/C=C\C/C=C\C/C=C\C/C=C\C/C=C\CCC(=O)NCCN(C)CCNC(=O)CC/C(C)=C/Cc1c(O)c2c(c(C)c1OC)COC2=O. The van der Waals surface area contributed by atoms with Crippen molar-refractivity contribution in [1.82, 2.24) is 15.5 Å². The molecule has 0 unspecified atom stereocenters. The van der Waals surface area contributed by atoms with Crippen molar-refractivity contribution in [2.45, 2.75) is 98.0 Å². The number of allylic oxidation sites excluding steroid dienone is 14. The normalized spacial score (nSPS) is 13.5. The number of hydrogen-bond donors (Lipinski definition) is 3. The van der Waals surface area contributed by atoms with Crippen LogP contribution < -0.4 is 15.4 Å². The van der Waals surface area contributed by atoms with Crippen LogP contribution in [0, 0.1) is 6.92 Å². The number of ether oxygens (including phenoxy) is 2. The number of benzene rings is 1. The number of likely N-dealkylation sites (N-methyl/N-ethyl adjacent to an activating group) is 1. The van der Waals surface area contributed by atoms with Crippen molar-refractivity contribution in [3.8, 4) is 11.5 Å². The number of cyclic esters (lactones) is 1. The van der Waals surface area contributed by atoms with Gasteiger partial charge < -0.3 is 30.1 Å². The van der Waals surface area contributed by atoms with E-state index in [1.54, 1.807) is 7.11 Å². The van der Waals surface area contributed by atoms with E-state index in [0.717, 1.165) is 49.7 Å². The molecule has 1 aliphatic heterocycles. The molecule has 0 saturated carbocycles. The molecule has 2 rings (SSSR count). The smallest absolute Gasteiger partial charge is 0.342 e. The molecule has 0 aromatic heterocycles. The van der Waals surface area contributed by atoms with Crippen LogP contribution in [-0.4, -0.2) is 68.1 Å². The van der Waals surface area contributed by atoms with Crippen LogP contribution in [0.1, 0.15) is 105 Å².